The fourth-order valence-corrected chi connectivity index (χ4v) is 1.53. The Labute approximate surface area is 106 Å². The van der Waals surface area contributed by atoms with Gasteiger partial charge in [-0.25, -0.2) is 15.8 Å². The molecule has 0 atom stereocenters. The summed E-state index contributed by atoms with van der Waals surface area (Å²) in [5.74, 6) is 7.54. The Morgan fingerprint density at radius 1 is 1.41 bits per heavy atom. The first kappa shape index (κ1) is 11.8. The summed E-state index contributed by atoms with van der Waals surface area (Å²) in [4.78, 5) is 12.2. The van der Waals surface area contributed by atoms with E-state index >= 15 is 0 Å². The lowest BCUT2D eigenvalue weighted by Crippen LogP contribution is -2.12. The van der Waals surface area contributed by atoms with Crippen LogP contribution < -0.4 is 16.6 Å². The molecule has 17 heavy (non-hydrogen) atoms. The van der Waals surface area contributed by atoms with Crippen LogP contribution in [0.25, 0.3) is 0 Å². The molecule has 2 rings (SSSR count). The normalized spacial score (nSPS) is 10.3. The van der Waals surface area contributed by atoms with E-state index < -0.39 is 0 Å². The molecule has 2 aromatic rings. The van der Waals surface area contributed by atoms with Crippen molar-refractivity contribution in [1.82, 2.24) is 15.0 Å². The van der Waals surface area contributed by atoms with Gasteiger partial charge in [0, 0.05) is 6.20 Å². The molecule has 90 valence electrons. The molecule has 2 aromatic heterocycles. The number of rotatable bonds is 4. The summed E-state index contributed by atoms with van der Waals surface area (Å²) in [6, 6.07) is 0. The van der Waals surface area contributed by atoms with Gasteiger partial charge < -0.3 is 9.73 Å². The number of hydrogen-bond acceptors (Lipinski definition) is 7. The minimum absolute atomic E-state index is 0.333. The Balaban J connectivity index is 2.07. The van der Waals surface area contributed by atoms with Gasteiger partial charge >= 0.3 is 0 Å². The highest BCUT2D eigenvalue weighted by Gasteiger charge is 2.06. The van der Waals surface area contributed by atoms with E-state index in [-0.39, 0.29) is 0 Å². The van der Waals surface area contributed by atoms with Crippen molar-refractivity contribution < 1.29 is 4.42 Å². The van der Waals surface area contributed by atoms with E-state index in [0.29, 0.717) is 24.2 Å². The number of oxazole rings is 1. The van der Waals surface area contributed by atoms with Gasteiger partial charge in [0.25, 0.3) is 0 Å². The van der Waals surface area contributed by atoms with Crippen molar-refractivity contribution in [3.8, 4) is 0 Å². The van der Waals surface area contributed by atoms with Crippen LogP contribution in [0.15, 0.2) is 21.3 Å². The quantitative estimate of drug-likeness (QED) is 0.580. The molecule has 8 heteroatoms. The van der Waals surface area contributed by atoms with Gasteiger partial charge in [-0.3, -0.25) is 5.43 Å². The summed E-state index contributed by atoms with van der Waals surface area (Å²) < 4.78 is 6.06. The zero-order valence-electron chi connectivity index (χ0n) is 9.07. The van der Waals surface area contributed by atoms with Crippen molar-refractivity contribution >= 4 is 27.7 Å². The lowest BCUT2D eigenvalue weighted by atomic mass is 10.5. The summed E-state index contributed by atoms with van der Waals surface area (Å²) >= 11 is 3.33. The molecule has 0 aliphatic heterocycles. The fourth-order valence-electron chi connectivity index (χ4n) is 1.20. The van der Waals surface area contributed by atoms with Gasteiger partial charge in [-0.2, -0.15) is 4.98 Å². The molecule has 0 fully saturated rings. The van der Waals surface area contributed by atoms with E-state index in [0.717, 1.165) is 10.2 Å². The molecule has 0 aliphatic rings. The summed E-state index contributed by atoms with van der Waals surface area (Å²) in [5.41, 5.74) is 2.37. The van der Waals surface area contributed by atoms with Gasteiger partial charge in [0.05, 0.1) is 17.2 Å². The molecule has 4 N–H and O–H groups in total. The van der Waals surface area contributed by atoms with Crippen LogP contribution in [0.5, 0.6) is 0 Å². The Bertz CT molecular complexity index is 514. The molecule has 2 heterocycles. The smallest absolute Gasteiger partial charge is 0.239 e. The van der Waals surface area contributed by atoms with Crippen LogP contribution in [0.3, 0.4) is 0 Å². The topological polar surface area (TPSA) is 102 Å². The molecular weight excluding hydrogens is 288 g/mol. The summed E-state index contributed by atoms with van der Waals surface area (Å²) in [6.07, 6.45) is 3.27. The third-order valence-corrected chi connectivity index (χ3v) is 2.53. The predicted molar refractivity (Wildman–Crippen MR) is 66.1 cm³/mol. The molecule has 0 aromatic carbocycles. The zero-order chi connectivity index (χ0) is 12.3. The molecule has 0 saturated carbocycles. The largest absolute Gasteiger partial charge is 0.444 e. The number of aromatic nitrogens is 3. The molecule has 0 amide bonds. The SMILES string of the molecule is Cc1cnc(CNc2nc(NN)ncc2Br)o1. The van der Waals surface area contributed by atoms with E-state index in [2.05, 4.69) is 41.6 Å². The van der Waals surface area contributed by atoms with Crippen molar-refractivity contribution in [3.05, 3.63) is 28.5 Å². The zero-order valence-corrected chi connectivity index (χ0v) is 10.7. The van der Waals surface area contributed by atoms with Crippen LogP contribution in [0.4, 0.5) is 11.8 Å². The lowest BCUT2D eigenvalue weighted by molar-refractivity contribution is 0.478. The number of nitrogens with zero attached hydrogens (tertiary/aromatic N) is 3. The van der Waals surface area contributed by atoms with Gasteiger partial charge in [-0.15, -0.1) is 0 Å². The number of anilines is 2. The average molecular weight is 299 g/mol. The second kappa shape index (κ2) is 5.11. The fraction of sp³-hybridized carbons (Fsp3) is 0.222. The first-order valence-electron chi connectivity index (χ1n) is 4.83. The van der Waals surface area contributed by atoms with Crippen LogP contribution >= 0.6 is 15.9 Å². The van der Waals surface area contributed by atoms with E-state index in [1.165, 1.54) is 0 Å². The monoisotopic (exact) mass is 298 g/mol. The maximum atomic E-state index is 5.33. The highest BCUT2D eigenvalue weighted by molar-refractivity contribution is 9.10. The molecule has 0 unspecified atom stereocenters. The summed E-state index contributed by atoms with van der Waals surface area (Å²) in [5, 5.41) is 3.07. The second-order valence-electron chi connectivity index (χ2n) is 3.25. The second-order valence-corrected chi connectivity index (χ2v) is 4.11. The first-order chi connectivity index (χ1) is 8.19. The predicted octanol–water partition coefficient (Wildman–Crippen LogP) is 1.43. The van der Waals surface area contributed by atoms with Crippen LogP contribution in [-0.4, -0.2) is 15.0 Å². The van der Waals surface area contributed by atoms with Crippen molar-refractivity contribution in [2.24, 2.45) is 5.84 Å². The van der Waals surface area contributed by atoms with Crippen LogP contribution in [0, 0.1) is 6.92 Å². The van der Waals surface area contributed by atoms with E-state index in [4.69, 9.17) is 10.3 Å². The third-order valence-electron chi connectivity index (χ3n) is 1.95. The van der Waals surface area contributed by atoms with Crippen LogP contribution in [0.1, 0.15) is 11.7 Å². The number of hydrogen-bond donors (Lipinski definition) is 3. The summed E-state index contributed by atoms with van der Waals surface area (Å²) in [7, 11) is 0. The highest BCUT2D eigenvalue weighted by Crippen LogP contribution is 2.20. The average Bonchev–Trinajstić information content (AvgIpc) is 2.74. The number of nitrogens with one attached hydrogen (secondary N) is 2. The molecule has 7 nitrogen and oxygen atoms in total. The van der Waals surface area contributed by atoms with Gasteiger partial charge in [-0.05, 0) is 22.9 Å². The standard InChI is InChI=1S/C9H11BrN6O/c1-5-2-12-7(17-5)4-13-8-6(10)3-14-9(15-8)16-11/h2-3H,4,11H2,1H3,(H2,13,14,15,16). The van der Waals surface area contributed by atoms with Crippen molar-refractivity contribution in [2.75, 3.05) is 10.7 Å². The van der Waals surface area contributed by atoms with Gasteiger partial charge in [0.2, 0.25) is 11.8 Å². The van der Waals surface area contributed by atoms with E-state index in [1.807, 2.05) is 6.92 Å². The molecule has 0 radical (unpaired) electrons. The van der Waals surface area contributed by atoms with Gasteiger partial charge in [-0.1, -0.05) is 0 Å². The molecule has 0 saturated heterocycles. The van der Waals surface area contributed by atoms with Gasteiger partial charge in [0.15, 0.2) is 0 Å². The van der Waals surface area contributed by atoms with Crippen molar-refractivity contribution in [1.29, 1.82) is 0 Å². The summed E-state index contributed by atoms with van der Waals surface area (Å²) in [6.45, 7) is 2.28. The van der Waals surface area contributed by atoms with E-state index in [1.54, 1.807) is 12.4 Å². The minimum Gasteiger partial charge on any atom is -0.444 e. The minimum atomic E-state index is 0.333. The molecule has 0 spiro atoms. The Morgan fingerprint density at radius 2 is 2.24 bits per heavy atom. The first-order valence-corrected chi connectivity index (χ1v) is 5.62. The number of nitrogens with two attached hydrogens (primary N) is 1. The Kier molecular flexibility index (Phi) is 3.55. The third kappa shape index (κ3) is 2.92. The maximum absolute atomic E-state index is 5.33. The number of hydrazine groups is 1. The van der Waals surface area contributed by atoms with E-state index in [9.17, 15) is 0 Å². The number of aryl methyl sites for hydroxylation is 1. The maximum Gasteiger partial charge on any atom is 0.239 e. The van der Waals surface area contributed by atoms with Crippen molar-refractivity contribution in [2.45, 2.75) is 13.5 Å². The molecular formula is C9H11BrN6O. The molecule has 0 bridgehead atoms. The Hall–Kier alpha value is -1.67. The molecule has 0 aliphatic carbocycles. The number of nitrogen functional groups attached to an aromatic ring is 1. The van der Waals surface area contributed by atoms with Gasteiger partial charge in [0.1, 0.15) is 11.6 Å². The van der Waals surface area contributed by atoms with Crippen molar-refractivity contribution in [3.63, 3.8) is 0 Å². The van der Waals surface area contributed by atoms with Crippen LogP contribution in [-0.2, 0) is 6.54 Å². The van der Waals surface area contributed by atoms with Crippen LogP contribution in [0.2, 0.25) is 0 Å². The lowest BCUT2D eigenvalue weighted by Gasteiger charge is -2.06. The Morgan fingerprint density at radius 3 is 2.88 bits per heavy atom. The number of halogens is 1. The highest BCUT2D eigenvalue weighted by atomic mass is 79.9.